The third-order valence-corrected chi connectivity index (χ3v) is 4.38. The van der Waals surface area contributed by atoms with Crippen LogP contribution in [-0.2, 0) is 0 Å². The lowest BCUT2D eigenvalue weighted by Gasteiger charge is -2.36. The number of rotatable bonds is 4. The summed E-state index contributed by atoms with van der Waals surface area (Å²) in [7, 11) is 0. The van der Waals surface area contributed by atoms with Crippen LogP contribution in [0.1, 0.15) is 44.6 Å². The number of hydrogen-bond acceptors (Lipinski definition) is 3. The summed E-state index contributed by atoms with van der Waals surface area (Å²) in [5, 5.41) is 21.8. The summed E-state index contributed by atoms with van der Waals surface area (Å²) in [5.74, 6) is -0.983. The average molecular weight is 294 g/mol. The Hall–Kier alpha value is -1.67. The molecule has 5 heteroatoms. The third kappa shape index (κ3) is 3.70. The van der Waals surface area contributed by atoms with Gasteiger partial charge in [-0.25, -0.2) is 8.78 Å². The molecule has 1 aliphatic carbocycles. The van der Waals surface area contributed by atoms with E-state index in [1.165, 1.54) is 0 Å². The molecule has 0 heterocycles. The van der Waals surface area contributed by atoms with Crippen LogP contribution in [0.4, 0.5) is 14.5 Å². The SMILES string of the molecule is CCC1CCC(O)(CNc2c(F)cc(C#N)cc2F)CC1. The van der Waals surface area contributed by atoms with E-state index in [1.807, 2.05) is 0 Å². The van der Waals surface area contributed by atoms with E-state index in [-0.39, 0.29) is 17.8 Å². The molecule has 1 saturated carbocycles. The second-order valence-corrected chi connectivity index (χ2v) is 5.86. The van der Waals surface area contributed by atoms with Crippen LogP contribution in [0.3, 0.4) is 0 Å². The molecule has 2 rings (SSSR count). The van der Waals surface area contributed by atoms with Gasteiger partial charge in [0.15, 0.2) is 11.6 Å². The fourth-order valence-electron chi connectivity index (χ4n) is 2.86. The van der Waals surface area contributed by atoms with Crippen LogP contribution in [0.25, 0.3) is 0 Å². The van der Waals surface area contributed by atoms with Gasteiger partial charge in [0.05, 0.1) is 17.2 Å². The maximum absolute atomic E-state index is 13.8. The van der Waals surface area contributed by atoms with Crippen LogP contribution >= 0.6 is 0 Å². The largest absolute Gasteiger partial charge is 0.388 e. The maximum atomic E-state index is 13.8. The van der Waals surface area contributed by atoms with Gasteiger partial charge in [-0.2, -0.15) is 5.26 Å². The third-order valence-electron chi connectivity index (χ3n) is 4.38. The van der Waals surface area contributed by atoms with Crippen LogP contribution in [0, 0.1) is 28.9 Å². The summed E-state index contributed by atoms with van der Waals surface area (Å²) in [6.07, 6.45) is 4.25. The smallest absolute Gasteiger partial charge is 0.150 e. The normalized spacial score (nSPS) is 25.4. The molecule has 0 saturated heterocycles. The van der Waals surface area contributed by atoms with Crippen molar-refractivity contribution >= 4 is 5.69 Å². The number of hydrogen-bond donors (Lipinski definition) is 2. The molecule has 0 unspecified atom stereocenters. The topological polar surface area (TPSA) is 56.0 Å². The number of nitrogens with zero attached hydrogens (tertiary/aromatic N) is 1. The standard InChI is InChI=1S/C16H20F2N2O/c1-2-11-3-5-16(21,6-4-11)10-20-15-13(17)7-12(9-19)8-14(15)18/h7-8,11,20-21H,2-6,10H2,1H3. The van der Waals surface area contributed by atoms with Crippen LogP contribution in [-0.4, -0.2) is 17.3 Å². The Balaban J connectivity index is 2.02. The number of aliphatic hydroxyl groups is 1. The minimum atomic E-state index is -0.918. The van der Waals surface area contributed by atoms with Crippen LogP contribution in [0.5, 0.6) is 0 Å². The first-order valence-electron chi connectivity index (χ1n) is 7.33. The van der Waals surface area contributed by atoms with Crippen molar-refractivity contribution in [1.82, 2.24) is 0 Å². The zero-order chi connectivity index (χ0) is 15.5. The van der Waals surface area contributed by atoms with Crippen molar-refractivity contribution in [3.05, 3.63) is 29.3 Å². The highest BCUT2D eigenvalue weighted by Crippen LogP contribution is 2.34. The fourth-order valence-corrected chi connectivity index (χ4v) is 2.86. The molecule has 1 aromatic rings. The zero-order valence-corrected chi connectivity index (χ0v) is 12.1. The second kappa shape index (κ2) is 6.40. The molecule has 114 valence electrons. The van der Waals surface area contributed by atoms with E-state index >= 15 is 0 Å². The summed E-state index contributed by atoms with van der Waals surface area (Å²) < 4.78 is 27.5. The van der Waals surface area contributed by atoms with E-state index in [1.54, 1.807) is 6.07 Å². The molecular weight excluding hydrogens is 274 g/mol. The molecule has 0 spiro atoms. The molecule has 21 heavy (non-hydrogen) atoms. The zero-order valence-electron chi connectivity index (χ0n) is 12.1. The molecule has 0 aromatic heterocycles. The van der Waals surface area contributed by atoms with Gasteiger partial charge in [-0.3, -0.25) is 0 Å². The summed E-state index contributed by atoms with van der Waals surface area (Å²) >= 11 is 0. The van der Waals surface area contributed by atoms with Crippen molar-refractivity contribution in [1.29, 1.82) is 5.26 Å². The van der Waals surface area contributed by atoms with Gasteiger partial charge in [0.1, 0.15) is 5.69 Å². The highest BCUT2D eigenvalue weighted by molar-refractivity contribution is 5.50. The summed E-state index contributed by atoms with van der Waals surface area (Å²) in [5.41, 5.74) is -1.25. The van der Waals surface area contributed by atoms with Gasteiger partial charge in [0, 0.05) is 6.54 Å². The Kier molecular flexibility index (Phi) is 4.79. The average Bonchev–Trinajstić information content (AvgIpc) is 2.47. The summed E-state index contributed by atoms with van der Waals surface area (Å²) in [6, 6.07) is 3.68. The first-order chi connectivity index (χ1) is 9.97. The van der Waals surface area contributed by atoms with E-state index in [2.05, 4.69) is 12.2 Å². The molecule has 0 amide bonds. The number of anilines is 1. The van der Waals surface area contributed by atoms with Crippen molar-refractivity contribution in [2.24, 2.45) is 5.92 Å². The van der Waals surface area contributed by atoms with E-state index in [4.69, 9.17) is 5.26 Å². The molecular formula is C16H20F2N2O. The molecule has 0 aliphatic heterocycles. The summed E-state index contributed by atoms with van der Waals surface area (Å²) in [6.45, 7) is 2.25. The van der Waals surface area contributed by atoms with Gasteiger partial charge in [-0.1, -0.05) is 13.3 Å². The molecule has 1 fully saturated rings. The van der Waals surface area contributed by atoms with Gasteiger partial charge in [-0.15, -0.1) is 0 Å². The summed E-state index contributed by atoms with van der Waals surface area (Å²) in [4.78, 5) is 0. The lowest BCUT2D eigenvalue weighted by molar-refractivity contribution is 0.00221. The quantitative estimate of drug-likeness (QED) is 0.892. The van der Waals surface area contributed by atoms with E-state index < -0.39 is 17.2 Å². The number of nitriles is 1. The van der Waals surface area contributed by atoms with Crippen LogP contribution < -0.4 is 5.32 Å². The minimum Gasteiger partial charge on any atom is -0.388 e. The van der Waals surface area contributed by atoms with Gasteiger partial charge in [0.25, 0.3) is 0 Å². The van der Waals surface area contributed by atoms with Gasteiger partial charge < -0.3 is 10.4 Å². The number of halogens is 2. The fraction of sp³-hybridized carbons (Fsp3) is 0.562. The van der Waals surface area contributed by atoms with E-state index in [0.29, 0.717) is 18.8 Å². The van der Waals surface area contributed by atoms with Gasteiger partial charge >= 0.3 is 0 Å². The van der Waals surface area contributed by atoms with Crippen LogP contribution in [0.2, 0.25) is 0 Å². The van der Waals surface area contributed by atoms with E-state index in [0.717, 1.165) is 31.4 Å². The van der Waals surface area contributed by atoms with Crippen molar-refractivity contribution < 1.29 is 13.9 Å². The number of nitrogens with one attached hydrogen (secondary N) is 1. The lowest BCUT2D eigenvalue weighted by Crippen LogP contribution is -2.40. The Morgan fingerprint density at radius 3 is 2.38 bits per heavy atom. The molecule has 0 atom stereocenters. The van der Waals surface area contributed by atoms with E-state index in [9.17, 15) is 13.9 Å². The van der Waals surface area contributed by atoms with Gasteiger partial charge in [-0.05, 0) is 43.7 Å². The van der Waals surface area contributed by atoms with Crippen molar-refractivity contribution in [2.75, 3.05) is 11.9 Å². The Labute approximate surface area is 123 Å². The molecule has 1 aromatic carbocycles. The molecule has 2 N–H and O–H groups in total. The molecule has 3 nitrogen and oxygen atoms in total. The first-order valence-corrected chi connectivity index (χ1v) is 7.33. The Morgan fingerprint density at radius 2 is 1.90 bits per heavy atom. The lowest BCUT2D eigenvalue weighted by atomic mass is 9.78. The monoisotopic (exact) mass is 294 g/mol. The highest BCUT2D eigenvalue weighted by Gasteiger charge is 2.32. The Bertz CT molecular complexity index is 523. The molecule has 0 bridgehead atoms. The molecule has 0 radical (unpaired) electrons. The predicted octanol–water partition coefficient (Wildman–Crippen LogP) is 3.58. The van der Waals surface area contributed by atoms with Gasteiger partial charge in [0.2, 0.25) is 0 Å². The minimum absolute atomic E-state index is 0.0577. The molecule has 1 aliphatic rings. The predicted molar refractivity (Wildman–Crippen MR) is 76.8 cm³/mol. The second-order valence-electron chi connectivity index (χ2n) is 5.86. The maximum Gasteiger partial charge on any atom is 0.150 e. The van der Waals surface area contributed by atoms with Crippen molar-refractivity contribution in [3.63, 3.8) is 0 Å². The highest BCUT2D eigenvalue weighted by atomic mass is 19.1. The van der Waals surface area contributed by atoms with Crippen LogP contribution in [0.15, 0.2) is 12.1 Å². The first kappa shape index (κ1) is 15.7. The number of benzene rings is 1. The van der Waals surface area contributed by atoms with Crippen molar-refractivity contribution in [2.45, 2.75) is 44.6 Å². The Morgan fingerprint density at radius 1 is 1.33 bits per heavy atom. The van der Waals surface area contributed by atoms with Crippen molar-refractivity contribution in [3.8, 4) is 6.07 Å².